The molecule has 0 spiro atoms. The van der Waals surface area contributed by atoms with Crippen LogP contribution in [-0.2, 0) is 17.8 Å². The first-order valence-electron chi connectivity index (χ1n) is 9.01. The predicted octanol–water partition coefficient (Wildman–Crippen LogP) is 5.33. The first-order valence-corrected chi connectivity index (χ1v) is 11.1. The molecule has 2 aromatic heterocycles. The zero-order chi connectivity index (χ0) is 20.2. The van der Waals surface area contributed by atoms with Crippen LogP contribution in [0.3, 0.4) is 0 Å². The summed E-state index contributed by atoms with van der Waals surface area (Å²) in [5.41, 5.74) is 2.11. The topological polar surface area (TPSA) is 46.1 Å². The third kappa shape index (κ3) is 4.46. The van der Waals surface area contributed by atoms with Crippen LogP contribution in [0.5, 0.6) is 0 Å². The Labute approximate surface area is 176 Å². The molecule has 0 saturated carbocycles. The number of thioether (sulfide) groups is 1. The lowest BCUT2D eigenvalue weighted by Crippen LogP contribution is -2.31. The van der Waals surface area contributed by atoms with Crippen molar-refractivity contribution >= 4 is 44.4 Å². The van der Waals surface area contributed by atoms with Crippen LogP contribution >= 0.6 is 23.1 Å². The van der Waals surface area contributed by atoms with Crippen molar-refractivity contribution in [3.63, 3.8) is 0 Å². The first kappa shape index (κ1) is 19.5. The molecule has 146 valence electrons. The van der Waals surface area contributed by atoms with E-state index in [0.29, 0.717) is 21.9 Å². The van der Waals surface area contributed by atoms with E-state index in [9.17, 15) is 9.18 Å². The van der Waals surface area contributed by atoms with Crippen molar-refractivity contribution in [2.24, 2.45) is 0 Å². The number of benzene rings is 2. The average molecular weight is 424 g/mol. The summed E-state index contributed by atoms with van der Waals surface area (Å²) in [6.45, 7) is 0.330. The first-order chi connectivity index (χ1) is 14.1. The van der Waals surface area contributed by atoms with Gasteiger partial charge in [0, 0.05) is 17.3 Å². The maximum absolute atomic E-state index is 14.1. The third-order valence-electron chi connectivity index (χ3n) is 4.47. The summed E-state index contributed by atoms with van der Waals surface area (Å²) >= 11 is 2.97. The molecule has 0 unspecified atom stereocenters. The normalized spacial score (nSPS) is 11.0. The Bertz CT molecular complexity index is 1130. The van der Waals surface area contributed by atoms with Crippen LogP contribution < -0.4 is 4.90 Å². The Morgan fingerprint density at radius 2 is 1.93 bits per heavy atom. The van der Waals surface area contributed by atoms with Gasteiger partial charge in [-0.05, 0) is 47.7 Å². The number of carbonyl (C=O) groups excluding carboxylic acids is 1. The number of carbonyl (C=O) groups is 1. The molecular weight excluding hydrogens is 405 g/mol. The highest BCUT2D eigenvalue weighted by Crippen LogP contribution is 2.31. The summed E-state index contributed by atoms with van der Waals surface area (Å²) in [5.74, 6) is -0.475. The van der Waals surface area contributed by atoms with Crippen LogP contribution in [0, 0.1) is 5.82 Å². The highest BCUT2D eigenvalue weighted by molar-refractivity contribution is 7.98. The van der Waals surface area contributed by atoms with Crippen molar-refractivity contribution < 1.29 is 9.18 Å². The lowest BCUT2D eigenvalue weighted by atomic mass is 10.1. The number of fused-ring (bicyclic) bond motifs is 1. The monoisotopic (exact) mass is 423 g/mol. The number of nitrogens with zero attached hydrogens (tertiary/aromatic N) is 3. The maximum atomic E-state index is 14.1. The number of pyridine rings is 1. The fraction of sp³-hybridized carbons (Fsp3) is 0.136. The second kappa shape index (κ2) is 8.71. The van der Waals surface area contributed by atoms with Gasteiger partial charge in [0.25, 0.3) is 0 Å². The standard InChI is InChI=1S/C22H18FN3OS2/c1-28-17-9-7-15(8-10-17)12-20(27)26(14-16-4-3-11-24-13-16)22-25-21-18(23)5-2-6-19(21)29-22/h2-11,13H,12,14H2,1H3. The van der Waals surface area contributed by atoms with E-state index in [-0.39, 0.29) is 18.1 Å². The van der Waals surface area contributed by atoms with Gasteiger partial charge in [-0.3, -0.25) is 14.7 Å². The molecule has 0 aliphatic rings. The van der Waals surface area contributed by atoms with Gasteiger partial charge in [0.05, 0.1) is 17.7 Å². The van der Waals surface area contributed by atoms with E-state index in [1.807, 2.05) is 48.7 Å². The van der Waals surface area contributed by atoms with Gasteiger partial charge in [0.2, 0.25) is 5.91 Å². The Morgan fingerprint density at radius 1 is 1.10 bits per heavy atom. The summed E-state index contributed by atoms with van der Waals surface area (Å²) < 4.78 is 14.9. The summed E-state index contributed by atoms with van der Waals surface area (Å²) in [6.07, 6.45) is 5.67. The van der Waals surface area contributed by atoms with Crippen molar-refractivity contribution in [3.8, 4) is 0 Å². The smallest absolute Gasteiger partial charge is 0.233 e. The average Bonchev–Trinajstić information content (AvgIpc) is 3.18. The van der Waals surface area contributed by atoms with Gasteiger partial charge in [-0.25, -0.2) is 9.37 Å². The van der Waals surface area contributed by atoms with E-state index in [1.165, 1.54) is 17.4 Å². The van der Waals surface area contributed by atoms with E-state index in [1.54, 1.807) is 35.1 Å². The molecule has 0 saturated heterocycles. The Kier molecular flexibility index (Phi) is 5.87. The minimum Gasteiger partial charge on any atom is -0.283 e. The molecule has 0 fully saturated rings. The minimum atomic E-state index is -0.383. The van der Waals surface area contributed by atoms with E-state index >= 15 is 0 Å². The summed E-state index contributed by atoms with van der Waals surface area (Å²) in [7, 11) is 0. The van der Waals surface area contributed by atoms with Crippen molar-refractivity contribution in [2.75, 3.05) is 11.2 Å². The number of anilines is 1. The number of thiazole rings is 1. The zero-order valence-corrected chi connectivity index (χ0v) is 17.3. The second-order valence-corrected chi connectivity index (χ2v) is 8.34. The molecule has 0 radical (unpaired) electrons. The molecule has 0 N–H and O–H groups in total. The SMILES string of the molecule is CSc1ccc(CC(=O)N(Cc2cccnc2)c2nc3c(F)cccc3s2)cc1. The fourth-order valence-corrected chi connectivity index (χ4v) is 4.37. The quantitative estimate of drug-likeness (QED) is 0.393. The molecule has 1 amide bonds. The predicted molar refractivity (Wildman–Crippen MR) is 117 cm³/mol. The molecule has 2 aromatic carbocycles. The van der Waals surface area contributed by atoms with Crippen LogP contribution in [-0.4, -0.2) is 22.1 Å². The van der Waals surface area contributed by atoms with Gasteiger partial charge in [-0.15, -0.1) is 11.8 Å². The summed E-state index contributed by atoms with van der Waals surface area (Å²) in [6, 6.07) is 16.5. The zero-order valence-electron chi connectivity index (χ0n) is 15.7. The van der Waals surface area contributed by atoms with Gasteiger partial charge in [-0.2, -0.15) is 0 Å². The van der Waals surface area contributed by atoms with Gasteiger partial charge in [0.15, 0.2) is 5.13 Å². The van der Waals surface area contributed by atoms with Crippen LogP contribution in [0.4, 0.5) is 9.52 Å². The largest absolute Gasteiger partial charge is 0.283 e. The highest BCUT2D eigenvalue weighted by Gasteiger charge is 2.21. The number of hydrogen-bond donors (Lipinski definition) is 0. The van der Waals surface area contributed by atoms with Gasteiger partial charge in [0.1, 0.15) is 11.3 Å². The van der Waals surface area contributed by atoms with Gasteiger partial charge >= 0.3 is 0 Å². The lowest BCUT2D eigenvalue weighted by molar-refractivity contribution is -0.118. The summed E-state index contributed by atoms with van der Waals surface area (Å²) in [4.78, 5) is 24.5. The van der Waals surface area contributed by atoms with Crippen molar-refractivity contribution in [2.45, 2.75) is 17.9 Å². The Balaban J connectivity index is 1.66. The van der Waals surface area contributed by atoms with Crippen LogP contribution in [0.2, 0.25) is 0 Å². The highest BCUT2D eigenvalue weighted by atomic mass is 32.2. The van der Waals surface area contributed by atoms with E-state index < -0.39 is 0 Å². The van der Waals surface area contributed by atoms with Crippen molar-refractivity contribution in [1.29, 1.82) is 0 Å². The Morgan fingerprint density at radius 3 is 2.62 bits per heavy atom. The van der Waals surface area contributed by atoms with Crippen LogP contribution in [0.1, 0.15) is 11.1 Å². The minimum absolute atomic E-state index is 0.0924. The molecule has 29 heavy (non-hydrogen) atoms. The maximum Gasteiger partial charge on any atom is 0.233 e. The number of para-hydroxylation sites is 1. The number of rotatable bonds is 6. The van der Waals surface area contributed by atoms with Gasteiger partial charge in [-0.1, -0.05) is 35.6 Å². The number of amides is 1. The molecule has 0 atom stereocenters. The van der Waals surface area contributed by atoms with Gasteiger partial charge < -0.3 is 0 Å². The molecule has 4 aromatic rings. The molecule has 4 nitrogen and oxygen atoms in total. The molecular formula is C22H18FN3OS2. The van der Waals surface area contributed by atoms with E-state index in [0.717, 1.165) is 16.0 Å². The third-order valence-corrected chi connectivity index (χ3v) is 6.26. The molecule has 0 bridgehead atoms. The second-order valence-electron chi connectivity index (χ2n) is 6.45. The van der Waals surface area contributed by atoms with Crippen molar-refractivity contribution in [1.82, 2.24) is 9.97 Å². The molecule has 2 heterocycles. The molecule has 4 rings (SSSR count). The van der Waals surface area contributed by atoms with E-state index in [4.69, 9.17) is 0 Å². The summed E-state index contributed by atoms with van der Waals surface area (Å²) in [5, 5.41) is 0.486. The van der Waals surface area contributed by atoms with E-state index in [2.05, 4.69) is 9.97 Å². The number of hydrogen-bond acceptors (Lipinski definition) is 5. The molecule has 0 aliphatic carbocycles. The fourth-order valence-electron chi connectivity index (χ4n) is 2.97. The van der Waals surface area contributed by atoms with Crippen molar-refractivity contribution in [3.05, 3.63) is 83.9 Å². The number of aromatic nitrogens is 2. The molecule has 7 heteroatoms. The van der Waals surface area contributed by atoms with Crippen LogP contribution in [0.15, 0.2) is 71.9 Å². The number of halogens is 1. The molecule has 0 aliphatic heterocycles. The Hall–Kier alpha value is -2.77. The van der Waals surface area contributed by atoms with Crippen LogP contribution in [0.25, 0.3) is 10.2 Å². The lowest BCUT2D eigenvalue weighted by Gasteiger charge is -2.20.